The van der Waals surface area contributed by atoms with Gasteiger partial charge in [-0.2, -0.15) is 4.98 Å². The first kappa shape index (κ1) is 21.3. The quantitative estimate of drug-likeness (QED) is 0.575. The van der Waals surface area contributed by atoms with Crippen LogP contribution in [0.1, 0.15) is 32.1 Å². The molecule has 0 atom stereocenters. The van der Waals surface area contributed by atoms with Crippen LogP contribution in [0.3, 0.4) is 0 Å². The molecule has 3 aromatic rings. The standard InChI is InChI=1S/C26H34N6S/c1-2-5-20(6-3-1)22-18-33-25-23(22)24(29-26(30-25)32-15-11-27-12-16-32)31-13-9-19(10-14-31)17-28-21-7-4-8-21/h1-3,5-6,18-19,21,27-28H,4,7-17H2. The van der Waals surface area contributed by atoms with Gasteiger partial charge in [0, 0.05) is 56.3 Å². The lowest BCUT2D eigenvalue weighted by Crippen LogP contribution is -2.44. The molecule has 33 heavy (non-hydrogen) atoms. The Morgan fingerprint density at radius 3 is 2.45 bits per heavy atom. The molecule has 6 nitrogen and oxygen atoms in total. The van der Waals surface area contributed by atoms with Crippen LogP contribution in [0, 0.1) is 5.92 Å². The fourth-order valence-electron chi connectivity index (χ4n) is 5.27. The highest BCUT2D eigenvalue weighted by Gasteiger charge is 2.27. The van der Waals surface area contributed by atoms with Crippen LogP contribution in [-0.2, 0) is 0 Å². The Balaban J connectivity index is 1.30. The number of nitrogens with zero attached hydrogens (tertiary/aromatic N) is 4. The Labute approximate surface area is 200 Å². The molecule has 2 saturated heterocycles. The molecule has 0 amide bonds. The fraction of sp³-hybridized carbons (Fsp3) is 0.538. The molecule has 2 aliphatic heterocycles. The zero-order valence-electron chi connectivity index (χ0n) is 19.3. The highest BCUT2D eigenvalue weighted by Crippen LogP contribution is 2.40. The summed E-state index contributed by atoms with van der Waals surface area (Å²) in [7, 11) is 0. The summed E-state index contributed by atoms with van der Waals surface area (Å²) in [6.07, 6.45) is 6.61. The number of anilines is 2. The van der Waals surface area contributed by atoms with Crippen molar-refractivity contribution in [3.05, 3.63) is 35.7 Å². The molecular weight excluding hydrogens is 428 g/mol. The van der Waals surface area contributed by atoms with Gasteiger partial charge in [0.05, 0.1) is 5.39 Å². The summed E-state index contributed by atoms with van der Waals surface area (Å²) in [5.41, 5.74) is 2.52. The third-order valence-electron chi connectivity index (χ3n) is 7.60. The number of thiophene rings is 1. The molecule has 7 heteroatoms. The number of hydrogen-bond donors (Lipinski definition) is 2. The zero-order valence-corrected chi connectivity index (χ0v) is 20.1. The molecule has 1 aliphatic carbocycles. The van der Waals surface area contributed by atoms with E-state index < -0.39 is 0 Å². The van der Waals surface area contributed by atoms with E-state index in [-0.39, 0.29) is 0 Å². The highest BCUT2D eigenvalue weighted by molar-refractivity contribution is 7.17. The summed E-state index contributed by atoms with van der Waals surface area (Å²) in [5, 5.41) is 10.7. The van der Waals surface area contributed by atoms with E-state index >= 15 is 0 Å². The van der Waals surface area contributed by atoms with Gasteiger partial charge in [-0.15, -0.1) is 11.3 Å². The monoisotopic (exact) mass is 462 g/mol. The van der Waals surface area contributed by atoms with Crippen LogP contribution in [0.25, 0.3) is 21.3 Å². The summed E-state index contributed by atoms with van der Waals surface area (Å²) in [5.74, 6) is 2.82. The van der Waals surface area contributed by atoms with E-state index in [9.17, 15) is 0 Å². The lowest BCUT2D eigenvalue weighted by molar-refractivity contribution is 0.295. The van der Waals surface area contributed by atoms with Crippen molar-refractivity contribution >= 4 is 33.3 Å². The van der Waals surface area contributed by atoms with Crippen molar-refractivity contribution in [1.82, 2.24) is 20.6 Å². The van der Waals surface area contributed by atoms with Gasteiger partial charge in [-0.05, 0) is 43.7 Å². The Morgan fingerprint density at radius 1 is 0.939 bits per heavy atom. The van der Waals surface area contributed by atoms with Gasteiger partial charge >= 0.3 is 0 Å². The molecule has 174 valence electrons. The van der Waals surface area contributed by atoms with Crippen LogP contribution in [0.5, 0.6) is 0 Å². The molecule has 2 N–H and O–H groups in total. The van der Waals surface area contributed by atoms with Crippen LogP contribution < -0.4 is 20.4 Å². The van der Waals surface area contributed by atoms with Gasteiger partial charge < -0.3 is 20.4 Å². The smallest absolute Gasteiger partial charge is 0.228 e. The molecule has 0 bridgehead atoms. The third kappa shape index (κ3) is 4.46. The van der Waals surface area contributed by atoms with Crippen molar-refractivity contribution in [3.8, 4) is 11.1 Å². The summed E-state index contributed by atoms with van der Waals surface area (Å²) in [6, 6.07) is 11.5. The molecule has 0 radical (unpaired) electrons. The number of fused-ring (bicyclic) bond motifs is 1. The van der Waals surface area contributed by atoms with E-state index in [4.69, 9.17) is 9.97 Å². The van der Waals surface area contributed by atoms with Gasteiger partial charge in [-0.3, -0.25) is 0 Å². The second-order valence-electron chi connectivity index (χ2n) is 9.75. The first-order valence-corrected chi connectivity index (χ1v) is 13.5. The van der Waals surface area contributed by atoms with E-state index in [0.717, 1.165) is 67.8 Å². The van der Waals surface area contributed by atoms with Gasteiger partial charge in [-0.25, -0.2) is 4.98 Å². The first-order chi connectivity index (χ1) is 16.3. The van der Waals surface area contributed by atoms with E-state index in [1.165, 1.54) is 55.2 Å². The molecule has 4 heterocycles. The Morgan fingerprint density at radius 2 is 1.73 bits per heavy atom. The summed E-state index contributed by atoms with van der Waals surface area (Å²) in [4.78, 5) is 16.3. The van der Waals surface area contributed by atoms with Crippen molar-refractivity contribution in [2.45, 2.75) is 38.1 Å². The van der Waals surface area contributed by atoms with Crippen molar-refractivity contribution in [2.24, 2.45) is 5.92 Å². The molecule has 6 rings (SSSR count). The van der Waals surface area contributed by atoms with E-state index in [1.54, 1.807) is 11.3 Å². The second kappa shape index (κ2) is 9.57. The molecule has 1 aromatic carbocycles. The third-order valence-corrected chi connectivity index (χ3v) is 8.47. The molecule has 2 aromatic heterocycles. The SMILES string of the molecule is c1ccc(-c2csc3nc(N4CCNCC4)nc(N4CCC(CNC5CCC5)CC4)c23)cc1. The van der Waals surface area contributed by atoms with Crippen LogP contribution in [0.15, 0.2) is 35.7 Å². The molecule has 0 spiro atoms. The van der Waals surface area contributed by atoms with E-state index in [2.05, 4.69) is 56.1 Å². The van der Waals surface area contributed by atoms with Gasteiger partial charge in [-0.1, -0.05) is 36.8 Å². The Hall–Kier alpha value is -2.22. The average molecular weight is 463 g/mol. The van der Waals surface area contributed by atoms with Crippen LogP contribution in [0.2, 0.25) is 0 Å². The Kier molecular flexibility index (Phi) is 6.18. The topological polar surface area (TPSA) is 56.3 Å². The number of piperidine rings is 1. The van der Waals surface area contributed by atoms with Gasteiger partial charge in [0.25, 0.3) is 0 Å². The molecule has 3 aliphatic rings. The van der Waals surface area contributed by atoms with Crippen LogP contribution in [0.4, 0.5) is 11.8 Å². The predicted molar refractivity (Wildman–Crippen MR) is 139 cm³/mol. The van der Waals surface area contributed by atoms with Gasteiger partial charge in [0.1, 0.15) is 10.6 Å². The van der Waals surface area contributed by atoms with Crippen molar-refractivity contribution < 1.29 is 0 Å². The maximum absolute atomic E-state index is 5.23. The number of piperazine rings is 1. The summed E-state index contributed by atoms with van der Waals surface area (Å²) >= 11 is 1.76. The maximum Gasteiger partial charge on any atom is 0.228 e. The lowest BCUT2D eigenvalue weighted by Gasteiger charge is -2.36. The summed E-state index contributed by atoms with van der Waals surface area (Å²) in [6.45, 7) is 7.26. The normalized spacial score (nSPS) is 20.4. The van der Waals surface area contributed by atoms with E-state index in [0.29, 0.717) is 0 Å². The van der Waals surface area contributed by atoms with Crippen LogP contribution >= 0.6 is 11.3 Å². The minimum Gasteiger partial charge on any atom is -0.356 e. The minimum atomic E-state index is 0.780. The molecule has 1 saturated carbocycles. The maximum atomic E-state index is 5.23. The largest absolute Gasteiger partial charge is 0.356 e. The molecule has 3 fully saturated rings. The highest BCUT2D eigenvalue weighted by atomic mass is 32.1. The van der Waals surface area contributed by atoms with Crippen LogP contribution in [-0.4, -0.2) is 61.8 Å². The van der Waals surface area contributed by atoms with Crippen molar-refractivity contribution in [1.29, 1.82) is 0 Å². The zero-order chi connectivity index (χ0) is 22.0. The first-order valence-electron chi connectivity index (χ1n) is 12.6. The van der Waals surface area contributed by atoms with Gasteiger partial charge in [0.15, 0.2) is 0 Å². The summed E-state index contributed by atoms with van der Waals surface area (Å²) < 4.78 is 0. The number of hydrogen-bond acceptors (Lipinski definition) is 7. The number of rotatable bonds is 6. The number of nitrogens with one attached hydrogen (secondary N) is 2. The van der Waals surface area contributed by atoms with E-state index in [1.807, 2.05) is 0 Å². The lowest BCUT2D eigenvalue weighted by atomic mass is 9.91. The second-order valence-corrected chi connectivity index (χ2v) is 10.6. The van der Waals surface area contributed by atoms with Crippen molar-refractivity contribution in [2.75, 3.05) is 55.6 Å². The van der Waals surface area contributed by atoms with Gasteiger partial charge in [0.2, 0.25) is 5.95 Å². The molecular formula is C26H34N6S. The number of aromatic nitrogens is 2. The average Bonchev–Trinajstić information content (AvgIpc) is 3.28. The number of benzene rings is 1. The predicted octanol–water partition coefficient (Wildman–Crippen LogP) is 4.13. The fourth-order valence-corrected chi connectivity index (χ4v) is 6.21. The minimum absolute atomic E-state index is 0.780. The Bertz CT molecular complexity index is 1070. The van der Waals surface area contributed by atoms with Crippen molar-refractivity contribution in [3.63, 3.8) is 0 Å². The molecule has 0 unspecified atom stereocenters.